The Hall–Kier alpha value is -0.0400. The lowest BCUT2D eigenvalue weighted by molar-refractivity contribution is 0.116. The van der Waals surface area contributed by atoms with Crippen LogP contribution in [0.4, 0.5) is 0 Å². The molecule has 1 nitrogen and oxygen atoms in total. The molecule has 0 radical (unpaired) electrons. The molecule has 0 spiro atoms. The van der Waals surface area contributed by atoms with Gasteiger partial charge < -0.3 is 5.32 Å². The first kappa shape index (κ1) is 7.37. The predicted octanol–water partition coefficient (Wildman–Crippen LogP) is 2.17. The van der Waals surface area contributed by atoms with E-state index in [4.69, 9.17) is 0 Å². The number of fused-ring (bicyclic) bond motifs is 2. The van der Waals surface area contributed by atoms with Gasteiger partial charge in [-0.2, -0.15) is 0 Å². The van der Waals surface area contributed by atoms with Gasteiger partial charge in [0.1, 0.15) is 0 Å². The molecule has 3 rings (SSSR count). The Kier molecular flexibility index (Phi) is 1.39. The molecule has 3 bridgehead atoms. The minimum Gasteiger partial charge on any atom is -0.314 e. The Morgan fingerprint density at radius 1 is 1.17 bits per heavy atom. The van der Waals surface area contributed by atoms with Crippen LogP contribution in [0.1, 0.15) is 38.5 Å². The molecule has 12 heavy (non-hydrogen) atoms. The molecule has 3 fully saturated rings. The van der Waals surface area contributed by atoms with E-state index in [-0.39, 0.29) is 0 Å². The van der Waals surface area contributed by atoms with Crippen molar-refractivity contribution in [3.63, 3.8) is 0 Å². The number of hydrogen-bond acceptors (Lipinski definition) is 1. The zero-order valence-corrected chi connectivity index (χ0v) is 7.97. The van der Waals surface area contributed by atoms with Gasteiger partial charge in [0, 0.05) is 5.54 Å². The van der Waals surface area contributed by atoms with Crippen LogP contribution in [-0.2, 0) is 0 Å². The Labute approximate surface area is 74.9 Å². The van der Waals surface area contributed by atoms with E-state index in [9.17, 15) is 0 Å². The van der Waals surface area contributed by atoms with Crippen LogP contribution < -0.4 is 5.32 Å². The molecule has 0 amide bonds. The van der Waals surface area contributed by atoms with E-state index in [1.807, 2.05) is 0 Å². The lowest BCUT2D eigenvalue weighted by atomic mass is 9.67. The van der Waals surface area contributed by atoms with Gasteiger partial charge in [-0.3, -0.25) is 0 Å². The summed E-state index contributed by atoms with van der Waals surface area (Å²) < 4.78 is 0. The maximum absolute atomic E-state index is 3.61. The third-order valence-corrected chi connectivity index (χ3v) is 4.80. The van der Waals surface area contributed by atoms with Gasteiger partial charge in [-0.05, 0) is 63.3 Å². The van der Waals surface area contributed by atoms with Crippen LogP contribution >= 0.6 is 0 Å². The van der Waals surface area contributed by atoms with Gasteiger partial charge in [0.15, 0.2) is 0 Å². The minimum atomic E-state index is 0.584. The van der Waals surface area contributed by atoms with Gasteiger partial charge in [-0.15, -0.1) is 0 Å². The van der Waals surface area contributed by atoms with E-state index in [2.05, 4.69) is 12.4 Å². The van der Waals surface area contributed by atoms with E-state index in [1.165, 1.54) is 25.7 Å². The highest BCUT2D eigenvalue weighted by Crippen LogP contribution is 2.56. The maximum atomic E-state index is 3.61. The molecule has 1 heteroatoms. The highest BCUT2D eigenvalue weighted by molar-refractivity contribution is 5.05. The third-order valence-electron chi connectivity index (χ3n) is 4.80. The molecule has 0 aromatic rings. The van der Waals surface area contributed by atoms with Crippen molar-refractivity contribution in [1.82, 2.24) is 5.32 Å². The van der Waals surface area contributed by atoms with Crippen molar-refractivity contribution in [2.24, 2.45) is 17.8 Å². The van der Waals surface area contributed by atoms with Gasteiger partial charge in [-0.25, -0.2) is 0 Å². The van der Waals surface area contributed by atoms with Gasteiger partial charge in [-0.1, -0.05) is 0 Å². The summed E-state index contributed by atoms with van der Waals surface area (Å²) in [6, 6.07) is 0. The van der Waals surface area contributed by atoms with Crippen LogP contribution in [0, 0.1) is 17.8 Å². The average Bonchev–Trinajstić information content (AvgIpc) is 2.29. The van der Waals surface area contributed by atoms with Gasteiger partial charge in [0.05, 0.1) is 0 Å². The molecule has 4 unspecified atom stereocenters. The maximum Gasteiger partial charge on any atom is 0.0184 e. The molecule has 3 aliphatic rings. The molecule has 0 heterocycles. The summed E-state index contributed by atoms with van der Waals surface area (Å²) in [5.41, 5.74) is 0.584. The summed E-state index contributed by atoms with van der Waals surface area (Å²) >= 11 is 0. The van der Waals surface area contributed by atoms with Crippen molar-refractivity contribution in [2.75, 3.05) is 7.05 Å². The first-order valence-electron chi connectivity index (χ1n) is 5.50. The molecule has 0 saturated heterocycles. The van der Waals surface area contributed by atoms with Crippen LogP contribution in [0.5, 0.6) is 0 Å². The Morgan fingerprint density at radius 3 is 2.83 bits per heavy atom. The van der Waals surface area contributed by atoms with E-state index in [0.29, 0.717) is 5.54 Å². The lowest BCUT2D eigenvalue weighted by Crippen LogP contribution is -2.49. The summed E-state index contributed by atoms with van der Waals surface area (Å²) in [6.07, 6.45) is 9.08. The fraction of sp³-hybridized carbons (Fsp3) is 1.00. The smallest absolute Gasteiger partial charge is 0.0184 e. The van der Waals surface area contributed by atoms with Crippen molar-refractivity contribution in [3.8, 4) is 0 Å². The van der Waals surface area contributed by atoms with Crippen molar-refractivity contribution in [1.29, 1.82) is 0 Å². The number of rotatable bonds is 1. The zero-order valence-electron chi connectivity index (χ0n) is 7.97. The van der Waals surface area contributed by atoms with Crippen molar-refractivity contribution in [2.45, 2.75) is 44.1 Å². The molecule has 3 saturated carbocycles. The van der Waals surface area contributed by atoms with E-state index < -0.39 is 0 Å². The van der Waals surface area contributed by atoms with Crippen molar-refractivity contribution in [3.05, 3.63) is 0 Å². The van der Waals surface area contributed by atoms with Crippen LogP contribution in [0.25, 0.3) is 0 Å². The van der Waals surface area contributed by atoms with Crippen LogP contribution in [0.3, 0.4) is 0 Å². The van der Waals surface area contributed by atoms with Crippen LogP contribution in [0.15, 0.2) is 0 Å². The molecule has 1 N–H and O–H groups in total. The van der Waals surface area contributed by atoms with Gasteiger partial charge >= 0.3 is 0 Å². The molecule has 3 aliphatic carbocycles. The molecule has 0 aromatic heterocycles. The Bertz CT molecular complexity index is 197. The summed E-state index contributed by atoms with van der Waals surface area (Å²) in [5.74, 6) is 3.31. The van der Waals surface area contributed by atoms with E-state index in [0.717, 1.165) is 17.8 Å². The predicted molar refractivity (Wildman–Crippen MR) is 50.0 cm³/mol. The van der Waals surface area contributed by atoms with E-state index in [1.54, 1.807) is 12.8 Å². The van der Waals surface area contributed by atoms with Crippen LogP contribution in [0.2, 0.25) is 0 Å². The number of hydrogen-bond donors (Lipinski definition) is 1. The second-order valence-electron chi connectivity index (χ2n) is 5.33. The standard InChI is InChI=1S/C11H19N/c1-12-11-3-2-9-4-8(6-11)5-10(9)7-11/h8-10,12H,2-7H2,1H3. The molecule has 0 aliphatic heterocycles. The summed E-state index contributed by atoms with van der Waals surface area (Å²) in [7, 11) is 2.17. The number of nitrogens with one attached hydrogen (secondary N) is 1. The topological polar surface area (TPSA) is 12.0 Å². The third kappa shape index (κ3) is 0.834. The summed E-state index contributed by atoms with van der Waals surface area (Å²) in [6.45, 7) is 0. The summed E-state index contributed by atoms with van der Waals surface area (Å²) in [5, 5.41) is 3.61. The minimum absolute atomic E-state index is 0.584. The SMILES string of the molecule is CNC12CCC3CC(CC3C1)C2. The fourth-order valence-corrected chi connectivity index (χ4v) is 4.24. The summed E-state index contributed by atoms with van der Waals surface area (Å²) in [4.78, 5) is 0. The Balaban J connectivity index is 1.93. The largest absolute Gasteiger partial charge is 0.314 e. The quantitative estimate of drug-likeness (QED) is 0.628. The fourth-order valence-electron chi connectivity index (χ4n) is 4.24. The molecule has 4 atom stereocenters. The van der Waals surface area contributed by atoms with Gasteiger partial charge in [0.2, 0.25) is 0 Å². The average molecular weight is 165 g/mol. The highest BCUT2D eigenvalue weighted by atomic mass is 15.0. The first-order chi connectivity index (χ1) is 5.81. The zero-order chi connectivity index (χ0) is 8.18. The lowest BCUT2D eigenvalue weighted by Gasteiger charge is -2.45. The second-order valence-corrected chi connectivity index (χ2v) is 5.33. The molecule has 0 aromatic carbocycles. The van der Waals surface area contributed by atoms with Crippen LogP contribution in [-0.4, -0.2) is 12.6 Å². The van der Waals surface area contributed by atoms with Crippen molar-refractivity contribution < 1.29 is 0 Å². The van der Waals surface area contributed by atoms with Gasteiger partial charge in [0.25, 0.3) is 0 Å². The van der Waals surface area contributed by atoms with Crippen molar-refractivity contribution >= 4 is 0 Å². The highest BCUT2D eigenvalue weighted by Gasteiger charge is 2.50. The molecular weight excluding hydrogens is 146 g/mol. The Morgan fingerprint density at radius 2 is 2.00 bits per heavy atom. The monoisotopic (exact) mass is 165 g/mol. The molecular formula is C11H19N. The molecule has 68 valence electrons. The second kappa shape index (κ2) is 2.25. The van der Waals surface area contributed by atoms with E-state index >= 15 is 0 Å². The first-order valence-corrected chi connectivity index (χ1v) is 5.50. The normalized spacial score (nSPS) is 56.2.